The number of rotatable bonds is 7. The SMILES string of the molecule is CCCNC(Cc1ccncc1)Cc1ccn(C)n1. The Labute approximate surface area is 114 Å². The standard InChI is InChI=1S/C15H22N4/c1-3-7-17-15(11-13-4-8-16-9-5-13)12-14-6-10-19(2)18-14/h4-6,8-10,15,17H,3,7,11-12H2,1-2H3. The quantitative estimate of drug-likeness (QED) is 0.825. The third kappa shape index (κ3) is 4.48. The number of pyridine rings is 1. The van der Waals surface area contributed by atoms with Crippen LogP contribution in [0, 0.1) is 0 Å². The van der Waals surface area contributed by atoms with Crippen LogP contribution in [0.5, 0.6) is 0 Å². The van der Waals surface area contributed by atoms with Crippen LogP contribution in [0.1, 0.15) is 24.6 Å². The Morgan fingerprint density at radius 1 is 1.21 bits per heavy atom. The van der Waals surface area contributed by atoms with Crippen LogP contribution in [0.15, 0.2) is 36.8 Å². The summed E-state index contributed by atoms with van der Waals surface area (Å²) in [5, 5.41) is 8.07. The number of nitrogens with one attached hydrogen (secondary N) is 1. The zero-order valence-corrected chi connectivity index (χ0v) is 11.7. The highest BCUT2D eigenvalue weighted by Crippen LogP contribution is 2.07. The van der Waals surface area contributed by atoms with Crippen molar-refractivity contribution in [1.82, 2.24) is 20.1 Å². The van der Waals surface area contributed by atoms with E-state index in [0.717, 1.165) is 31.5 Å². The Kier molecular flexibility index (Phi) is 5.10. The molecule has 2 aromatic rings. The zero-order chi connectivity index (χ0) is 13.5. The molecule has 1 atom stereocenters. The van der Waals surface area contributed by atoms with Gasteiger partial charge in [-0.15, -0.1) is 0 Å². The summed E-state index contributed by atoms with van der Waals surface area (Å²) in [6.07, 6.45) is 8.83. The van der Waals surface area contributed by atoms with Crippen LogP contribution < -0.4 is 5.32 Å². The molecule has 1 N–H and O–H groups in total. The second-order valence-corrected chi connectivity index (χ2v) is 4.90. The molecule has 0 aliphatic heterocycles. The van der Waals surface area contributed by atoms with Gasteiger partial charge in [-0.2, -0.15) is 5.10 Å². The molecule has 0 amide bonds. The molecular formula is C15H22N4. The molecule has 102 valence electrons. The lowest BCUT2D eigenvalue weighted by molar-refractivity contribution is 0.498. The van der Waals surface area contributed by atoms with Crippen LogP contribution >= 0.6 is 0 Å². The van der Waals surface area contributed by atoms with Crippen molar-refractivity contribution in [3.8, 4) is 0 Å². The number of hydrogen-bond acceptors (Lipinski definition) is 3. The normalized spacial score (nSPS) is 12.5. The molecule has 0 radical (unpaired) electrons. The molecular weight excluding hydrogens is 236 g/mol. The summed E-state index contributed by atoms with van der Waals surface area (Å²) in [4.78, 5) is 4.07. The molecule has 0 saturated heterocycles. The first kappa shape index (κ1) is 13.7. The first-order chi connectivity index (χ1) is 9.28. The third-order valence-electron chi connectivity index (χ3n) is 3.14. The lowest BCUT2D eigenvalue weighted by Crippen LogP contribution is -2.34. The van der Waals surface area contributed by atoms with Crippen molar-refractivity contribution in [3.63, 3.8) is 0 Å². The molecule has 2 rings (SSSR count). The van der Waals surface area contributed by atoms with Crippen LogP contribution in [-0.4, -0.2) is 27.4 Å². The van der Waals surface area contributed by atoms with Gasteiger partial charge < -0.3 is 5.32 Å². The van der Waals surface area contributed by atoms with Gasteiger partial charge in [-0.05, 0) is 43.1 Å². The minimum Gasteiger partial charge on any atom is -0.313 e. The summed E-state index contributed by atoms with van der Waals surface area (Å²) in [7, 11) is 1.96. The molecule has 0 aliphatic carbocycles. The third-order valence-corrected chi connectivity index (χ3v) is 3.14. The largest absolute Gasteiger partial charge is 0.313 e. The Hall–Kier alpha value is -1.68. The molecule has 4 heteroatoms. The maximum absolute atomic E-state index is 4.46. The molecule has 2 heterocycles. The topological polar surface area (TPSA) is 42.7 Å². The number of aromatic nitrogens is 3. The second-order valence-electron chi connectivity index (χ2n) is 4.90. The van der Waals surface area contributed by atoms with Crippen molar-refractivity contribution in [1.29, 1.82) is 0 Å². The molecule has 19 heavy (non-hydrogen) atoms. The molecule has 0 spiro atoms. The highest BCUT2D eigenvalue weighted by atomic mass is 15.2. The van der Waals surface area contributed by atoms with E-state index in [1.807, 2.05) is 30.3 Å². The van der Waals surface area contributed by atoms with Gasteiger partial charge in [0.2, 0.25) is 0 Å². The Morgan fingerprint density at radius 2 is 2.00 bits per heavy atom. The molecule has 0 bridgehead atoms. The summed E-state index contributed by atoms with van der Waals surface area (Å²) in [5.74, 6) is 0. The minimum absolute atomic E-state index is 0.428. The van der Waals surface area contributed by atoms with Gasteiger partial charge in [0.15, 0.2) is 0 Å². The van der Waals surface area contributed by atoms with Crippen molar-refractivity contribution in [3.05, 3.63) is 48.0 Å². The molecule has 4 nitrogen and oxygen atoms in total. The van der Waals surface area contributed by atoms with Crippen molar-refractivity contribution >= 4 is 0 Å². The monoisotopic (exact) mass is 258 g/mol. The fourth-order valence-electron chi connectivity index (χ4n) is 2.19. The van der Waals surface area contributed by atoms with Crippen LogP contribution in [0.2, 0.25) is 0 Å². The number of aryl methyl sites for hydroxylation is 1. The fraction of sp³-hybridized carbons (Fsp3) is 0.467. The van der Waals surface area contributed by atoms with Gasteiger partial charge in [0.25, 0.3) is 0 Å². The number of nitrogens with zero attached hydrogens (tertiary/aromatic N) is 3. The van der Waals surface area contributed by atoms with Crippen molar-refractivity contribution in [2.45, 2.75) is 32.2 Å². The van der Waals surface area contributed by atoms with Crippen molar-refractivity contribution in [2.24, 2.45) is 7.05 Å². The molecule has 0 fully saturated rings. The predicted octanol–water partition coefficient (Wildman–Crippen LogP) is 1.97. The van der Waals surface area contributed by atoms with Crippen LogP contribution in [-0.2, 0) is 19.9 Å². The van der Waals surface area contributed by atoms with Gasteiger partial charge in [0.05, 0.1) is 5.69 Å². The first-order valence-electron chi connectivity index (χ1n) is 6.88. The summed E-state index contributed by atoms with van der Waals surface area (Å²) in [6, 6.07) is 6.68. The van der Waals surface area contributed by atoms with E-state index >= 15 is 0 Å². The molecule has 1 unspecified atom stereocenters. The average molecular weight is 258 g/mol. The van der Waals surface area contributed by atoms with E-state index in [0.29, 0.717) is 6.04 Å². The smallest absolute Gasteiger partial charge is 0.0640 e. The van der Waals surface area contributed by atoms with Gasteiger partial charge in [-0.1, -0.05) is 6.92 Å². The Balaban J connectivity index is 1.99. The van der Waals surface area contributed by atoms with Crippen molar-refractivity contribution < 1.29 is 0 Å². The van der Waals surface area contributed by atoms with Gasteiger partial charge in [-0.3, -0.25) is 9.67 Å². The van der Waals surface area contributed by atoms with E-state index in [2.05, 4.69) is 40.5 Å². The number of hydrogen-bond donors (Lipinski definition) is 1. The van der Waals surface area contributed by atoms with E-state index in [4.69, 9.17) is 0 Å². The maximum Gasteiger partial charge on any atom is 0.0640 e. The van der Waals surface area contributed by atoms with E-state index in [1.54, 1.807) is 0 Å². The first-order valence-corrected chi connectivity index (χ1v) is 6.88. The predicted molar refractivity (Wildman–Crippen MR) is 76.9 cm³/mol. The average Bonchev–Trinajstić information content (AvgIpc) is 2.82. The van der Waals surface area contributed by atoms with Gasteiger partial charge in [0, 0.05) is 38.1 Å². The fourth-order valence-corrected chi connectivity index (χ4v) is 2.19. The van der Waals surface area contributed by atoms with Crippen LogP contribution in [0.4, 0.5) is 0 Å². The molecule has 0 saturated carbocycles. The van der Waals surface area contributed by atoms with Gasteiger partial charge in [-0.25, -0.2) is 0 Å². The zero-order valence-electron chi connectivity index (χ0n) is 11.7. The summed E-state index contributed by atoms with van der Waals surface area (Å²) >= 11 is 0. The summed E-state index contributed by atoms with van der Waals surface area (Å²) in [6.45, 7) is 3.24. The van der Waals surface area contributed by atoms with E-state index in [1.165, 1.54) is 5.56 Å². The van der Waals surface area contributed by atoms with Crippen LogP contribution in [0.25, 0.3) is 0 Å². The highest BCUT2D eigenvalue weighted by molar-refractivity contribution is 5.13. The molecule has 2 aromatic heterocycles. The van der Waals surface area contributed by atoms with E-state index in [-0.39, 0.29) is 0 Å². The lowest BCUT2D eigenvalue weighted by atomic mass is 10.0. The van der Waals surface area contributed by atoms with Crippen molar-refractivity contribution in [2.75, 3.05) is 6.54 Å². The maximum atomic E-state index is 4.46. The van der Waals surface area contributed by atoms with E-state index < -0.39 is 0 Å². The Morgan fingerprint density at radius 3 is 2.63 bits per heavy atom. The highest BCUT2D eigenvalue weighted by Gasteiger charge is 2.11. The van der Waals surface area contributed by atoms with E-state index in [9.17, 15) is 0 Å². The van der Waals surface area contributed by atoms with Gasteiger partial charge in [0.1, 0.15) is 0 Å². The minimum atomic E-state index is 0.428. The van der Waals surface area contributed by atoms with Gasteiger partial charge >= 0.3 is 0 Å². The summed E-state index contributed by atoms with van der Waals surface area (Å²) < 4.78 is 1.86. The Bertz CT molecular complexity index is 478. The molecule has 0 aromatic carbocycles. The summed E-state index contributed by atoms with van der Waals surface area (Å²) in [5.41, 5.74) is 2.46. The second kappa shape index (κ2) is 7.04. The molecule has 0 aliphatic rings. The lowest BCUT2D eigenvalue weighted by Gasteiger charge is -2.17. The van der Waals surface area contributed by atoms with Crippen LogP contribution in [0.3, 0.4) is 0 Å².